The van der Waals surface area contributed by atoms with Gasteiger partial charge in [-0.05, 0) is 30.3 Å². The monoisotopic (exact) mass is 326 g/mol. The van der Waals surface area contributed by atoms with Crippen LogP contribution in [-0.4, -0.2) is 19.3 Å². The van der Waals surface area contributed by atoms with E-state index in [9.17, 15) is 13.2 Å². The summed E-state index contributed by atoms with van der Waals surface area (Å²) in [5.41, 5.74) is 11.0. The summed E-state index contributed by atoms with van der Waals surface area (Å²) in [5.74, 6) is -0.695. The number of sulfonamides is 1. The number of benzene rings is 1. The molecule has 9 heteroatoms. The second-order valence-electron chi connectivity index (χ2n) is 4.09. The number of nitrogens with zero attached hydrogens (tertiary/aromatic N) is 1. The standard InChI is InChI=1S/C12H11ClN4O3S/c13-11-6-8(3-4-16-11)17-21(19,20)10-2-1-7(12(15)18)5-9(10)14/h1-6H,14H2,(H2,15,18)(H,16,17). The van der Waals surface area contributed by atoms with Gasteiger partial charge in [0.05, 0.1) is 11.4 Å². The number of nitrogens with two attached hydrogens (primary N) is 2. The Morgan fingerprint density at radius 3 is 2.52 bits per heavy atom. The number of amides is 1. The van der Waals surface area contributed by atoms with Crippen LogP contribution in [0.1, 0.15) is 10.4 Å². The lowest BCUT2D eigenvalue weighted by Gasteiger charge is -2.10. The number of aromatic nitrogens is 1. The Kier molecular flexibility index (Phi) is 4.01. The summed E-state index contributed by atoms with van der Waals surface area (Å²) in [7, 11) is -3.92. The van der Waals surface area contributed by atoms with Crippen LogP contribution < -0.4 is 16.2 Å². The van der Waals surface area contributed by atoms with Crippen LogP contribution in [0.15, 0.2) is 41.4 Å². The van der Waals surface area contributed by atoms with Gasteiger partial charge in [-0.3, -0.25) is 9.52 Å². The average Bonchev–Trinajstić information content (AvgIpc) is 2.37. The van der Waals surface area contributed by atoms with E-state index in [0.29, 0.717) is 0 Å². The van der Waals surface area contributed by atoms with Gasteiger partial charge < -0.3 is 11.5 Å². The number of halogens is 1. The van der Waals surface area contributed by atoms with Crippen molar-refractivity contribution in [3.05, 3.63) is 47.2 Å². The van der Waals surface area contributed by atoms with Gasteiger partial charge >= 0.3 is 0 Å². The topological polar surface area (TPSA) is 128 Å². The van der Waals surface area contributed by atoms with Gasteiger partial charge in [0.2, 0.25) is 5.91 Å². The summed E-state index contributed by atoms with van der Waals surface area (Å²) in [6.07, 6.45) is 1.36. The smallest absolute Gasteiger partial charge is 0.263 e. The summed E-state index contributed by atoms with van der Waals surface area (Å²) in [5, 5.41) is 0.146. The number of rotatable bonds is 4. The van der Waals surface area contributed by atoms with Crippen LogP contribution in [0, 0.1) is 0 Å². The van der Waals surface area contributed by atoms with E-state index in [1.807, 2.05) is 0 Å². The van der Waals surface area contributed by atoms with Crippen LogP contribution in [0.5, 0.6) is 0 Å². The van der Waals surface area contributed by atoms with Gasteiger partial charge in [-0.2, -0.15) is 0 Å². The van der Waals surface area contributed by atoms with E-state index in [0.717, 1.165) is 0 Å². The molecule has 0 aliphatic rings. The molecule has 2 rings (SSSR count). The average molecular weight is 327 g/mol. The van der Waals surface area contributed by atoms with Crippen molar-refractivity contribution >= 4 is 38.9 Å². The van der Waals surface area contributed by atoms with E-state index in [1.54, 1.807) is 0 Å². The fourth-order valence-electron chi connectivity index (χ4n) is 1.62. The molecular weight excluding hydrogens is 316 g/mol. The molecule has 0 spiro atoms. The summed E-state index contributed by atoms with van der Waals surface area (Å²) in [4.78, 5) is 14.6. The van der Waals surface area contributed by atoms with Gasteiger partial charge in [0.15, 0.2) is 0 Å². The Balaban J connectivity index is 2.38. The molecule has 0 aliphatic carbocycles. The van der Waals surface area contributed by atoms with E-state index in [-0.39, 0.29) is 27.0 Å². The summed E-state index contributed by atoms with van der Waals surface area (Å²) < 4.78 is 26.8. The Labute approximate surface area is 126 Å². The Morgan fingerprint density at radius 1 is 1.24 bits per heavy atom. The third-order valence-corrected chi connectivity index (χ3v) is 4.22. The van der Waals surface area contributed by atoms with Crippen LogP contribution in [-0.2, 0) is 10.0 Å². The van der Waals surface area contributed by atoms with Crippen molar-refractivity contribution in [2.24, 2.45) is 5.73 Å². The highest BCUT2D eigenvalue weighted by Gasteiger charge is 2.18. The molecule has 2 aromatic rings. The Bertz CT molecular complexity index is 808. The zero-order valence-corrected chi connectivity index (χ0v) is 12.1. The minimum absolute atomic E-state index is 0.0843. The zero-order chi connectivity index (χ0) is 15.6. The first kappa shape index (κ1) is 15.1. The third kappa shape index (κ3) is 3.41. The number of primary amides is 1. The van der Waals surface area contributed by atoms with Crippen molar-refractivity contribution in [2.75, 3.05) is 10.5 Å². The molecule has 0 unspecified atom stereocenters. The molecule has 0 saturated heterocycles. The highest BCUT2D eigenvalue weighted by molar-refractivity contribution is 7.92. The molecular formula is C12H11ClN4O3S. The fraction of sp³-hybridized carbons (Fsp3) is 0. The molecule has 0 saturated carbocycles. The van der Waals surface area contributed by atoms with Crippen LogP contribution >= 0.6 is 11.6 Å². The third-order valence-electron chi connectivity index (χ3n) is 2.56. The van der Waals surface area contributed by atoms with Crippen molar-refractivity contribution in [1.29, 1.82) is 0 Å². The Hall–Kier alpha value is -2.32. The SMILES string of the molecule is NC(=O)c1ccc(S(=O)(=O)Nc2ccnc(Cl)c2)c(N)c1. The highest BCUT2D eigenvalue weighted by atomic mass is 35.5. The number of nitrogen functional groups attached to an aromatic ring is 1. The van der Waals surface area contributed by atoms with Crippen molar-refractivity contribution in [1.82, 2.24) is 4.98 Å². The number of anilines is 2. The molecule has 7 nitrogen and oxygen atoms in total. The lowest BCUT2D eigenvalue weighted by atomic mass is 10.2. The molecule has 1 aromatic carbocycles. The van der Waals surface area contributed by atoms with Crippen molar-refractivity contribution in [2.45, 2.75) is 4.90 Å². The summed E-state index contributed by atoms with van der Waals surface area (Å²) in [6.45, 7) is 0. The molecule has 110 valence electrons. The molecule has 5 N–H and O–H groups in total. The van der Waals surface area contributed by atoms with E-state index in [2.05, 4.69) is 9.71 Å². The molecule has 1 amide bonds. The van der Waals surface area contributed by atoms with Crippen LogP contribution in [0.4, 0.5) is 11.4 Å². The van der Waals surface area contributed by atoms with Gasteiger partial charge in [0.1, 0.15) is 10.0 Å². The van der Waals surface area contributed by atoms with Crippen molar-refractivity contribution in [3.63, 3.8) is 0 Å². The predicted octanol–water partition coefficient (Wildman–Crippen LogP) is 1.22. The van der Waals surface area contributed by atoms with Crippen LogP contribution in [0.2, 0.25) is 5.15 Å². The zero-order valence-electron chi connectivity index (χ0n) is 10.6. The highest BCUT2D eigenvalue weighted by Crippen LogP contribution is 2.23. The van der Waals surface area contributed by atoms with E-state index < -0.39 is 15.9 Å². The predicted molar refractivity (Wildman–Crippen MR) is 79.4 cm³/mol. The summed E-state index contributed by atoms with van der Waals surface area (Å²) >= 11 is 5.68. The second kappa shape index (κ2) is 5.58. The molecule has 0 fully saturated rings. The number of carbonyl (C=O) groups is 1. The second-order valence-corrected chi connectivity index (χ2v) is 6.13. The van der Waals surface area contributed by atoms with Crippen molar-refractivity contribution < 1.29 is 13.2 Å². The lowest BCUT2D eigenvalue weighted by molar-refractivity contribution is 0.1000. The minimum Gasteiger partial charge on any atom is -0.398 e. The first-order valence-corrected chi connectivity index (χ1v) is 7.49. The number of hydrogen-bond acceptors (Lipinski definition) is 5. The molecule has 0 radical (unpaired) electrons. The first-order chi connectivity index (χ1) is 9.79. The maximum atomic E-state index is 12.2. The molecule has 0 atom stereocenters. The van der Waals surface area contributed by atoms with Crippen LogP contribution in [0.25, 0.3) is 0 Å². The molecule has 21 heavy (non-hydrogen) atoms. The van der Waals surface area contributed by atoms with Gasteiger partial charge in [0, 0.05) is 11.8 Å². The van der Waals surface area contributed by atoms with Crippen molar-refractivity contribution in [3.8, 4) is 0 Å². The molecule has 0 aliphatic heterocycles. The number of pyridine rings is 1. The molecule has 1 aromatic heterocycles. The number of nitrogens with one attached hydrogen (secondary N) is 1. The van der Waals surface area contributed by atoms with Crippen LogP contribution in [0.3, 0.4) is 0 Å². The van der Waals surface area contributed by atoms with E-state index in [1.165, 1.54) is 36.5 Å². The molecule has 1 heterocycles. The summed E-state index contributed by atoms with van der Waals surface area (Å²) in [6, 6.07) is 6.49. The Morgan fingerprint density at radius 2 is 1.95 bits per heavy atom. The normalized spacial score (nSPS) is 11.1. The maximum Gasteiger partial charge on any atom is 0.263 e. The molecule has 0 bridgehead atoms. The van der Waals surface area contributed by atoms with E-state index in [4.69, 9.17) is 23.1 Å². The number of hydrogen-bond donors (Lipinski definition) is 3. The fourth-order valence-corrected chi connectivity index (χ4v) is 2.96. The van der Waals surface area contributed by atoms with Gasteiger partial charge in [-0.1, -0.05) is 11.6 Å². The minimum atomic E-state index is -3.92. The lowest BCUT2D eigenvalue weighted by Crippen LogP contribution is -2.16. The van der Waals surface area contributed by atoms with Gasteiger partial charge in [-0.15, -0.1) is 0 Å². The quantitative estimate of drug-likeness (QED) is 0.574. The number of carbonyl (C=O) groups excluding carboxylic acids is 1. The first-order valence-electron chi connectivity index (χ1n) is 5.63. The maximum absolute atomic E-state index is 12.2. The van der Waals surface area contributed by atoms with Gasteiger partial charge in [0.25, 0.3) is 10.0 Å². The van der Waals surface area contributed by atoms with Gasteiger partial charge in [-0.25, -0.2) is 13.4 Å². The largest absolute Gasteiger partial charge is 0.398 e. The van der Waals surface area contributed by atoms with E-state index >= 15 is 0 Å².